The highest BCUT2D eigenvalue weighted by Crippen LogP contribution is 2.30. The van der Waals surface area contributed by atoms with Crippen LogP contribution in [-0.4, -0.2) is 41.8 Å². The minimum Gasteiger partial charge on any atom is -0.448 e. The van der Waals surface area contributed by atoms with Gasteiger partial charge in [0.15, 0.2) is 11.6 Å². The standard InChI is InChI=1S/C13H19N3O3/c1-9-15-10(7-19-9)11(17)16-6-4-5-13(2,8-16)12(18)14-3/h7H,4-6,8H2,1-3H3,(H,14,18)/t13-/m1/s1. The number of amides is 2. The minimum atomic E-state index is -0.526. The highest BCUT2D eigenvalue weighted by atomic mass is 16.3. The number of hydrogen-bond donors (Lipinski definition) is 1. The zero-order valence-electron chi connectivity index (χ0n) is 11.5. The lowest BCUT2D eigenvalue weighted by atomic mass is 9.81. The number of likely N-dealkylation sites (tertiary alicyclic amines) is 1. The van der Waals surface area contributed by atoms with E-state index in [1.807, 2.05) is 6.92 Å². The second-order valence-corrected chi connectivity index (χ2v) is 5.22. The summed E-state index contributed by atoms with van der Waals surface area (Å²) >= 11 is 0. The first-order valence-corrected chi connectivity index (χ1v) is 6.40. The molecule has 1 aromatic heterocycles. The Morgan fingerprint density at radius 1 is 1.53 bits per heavy atom. The summed E-state index contributed by atoms with van der Waals surface area (Å²) in [5, 5.41) is 2.67. The number of oxazole rings is 1. The van der Waals surface area contributed by atoms with Crippen LogP contribution in [0.25, 0.3) is 0 Å². The van der Waals surface area contributed by atoms with E-state index in [4.69, 9.17) is 4.42 Å². The molecule has 0 spiro atoms. The van der Waals surface area contributed by atoms with Crippen molar-refractivity contribution in [2.45, 2.75) is 26.7 Å². The summed E-state index contributed by atoms with van der Waals surface area (Å²) in [5.74, 6) is 0.266. The molecule has 0 bridgehead atoms. The van der Waals surface area contributed by atoms with Crippen LogP contribution in [-0.2, 0) is 4.79 Å². The van der Waals surface area contributed by atoms with E-state index in [1.54, 1.807) is 18.9 Å². The van der Waals surface area contributed by atoms with E-state index in [2.05, 4.69) is 10.3 Å². The van der Waals surface area contributed by atoms with E-state index in [9.17, 15) is 9.59 Å². The molecular formula is C13H19N3O3. The maximum absolute atomic E-state index is 12.3. The molecule has 0 radical (unpaired) electrons. The third-order valence-corrected chi connectivity index (χ3v) is 3.60. The molecule has 104 valence electrons. The van der Waals surface area contributed by atoms with Gasteiger partial charge in [0.1, 0.15) is 6.26 Å². The van der Waals surface area contributed by atoms with Crippen LogP contribution in [0.5, 0.6) is 0 Å². The van der Waals surface area contributed by atoms with Gasteiger partial charge in [-0.2, -0.15) is 0 Å². The maximum atomic E-state index is 12.3. The molecule has 1 aromatic rings. The molecule has 1 aliphatic heterocycles. The molecule has 1 fully saturated rings. The Hall–Kier alpha value is -1.85. The summed E-state index contributed by atoms with van der Waals surface area (Å²) in [4.78, 5) is 29.9. The predicted molar refractivity (Wildman–Crippen MR) is 68.6 cm³/mol. The Bertz CT molecular complexity index is 497. The predicted octanol–water partition coefficient (Wildman–Crippen LogP) is 0.971. The van der Waals surface area contributed by atoms with E-state index in [0.717, 1.165) is 12.8 Å². The van der Waals surface area contributed by atoms with Gasteiger partial charge in [-0.3, -0.25) is 9.59 Å². The van der Waals surface area contributed by atoms with Gasteiger partial charge >= 0.3 is 0 Å². The molecule has 2 rings (SSSR count). The Morgan fingerprint density at radius 3 is 2.84 bits per heavy atom. The molecule has 0 aromatic carbocycles. The quantitative estimate of drug-likeness (QED) is 0.864. The number of hydrogen-bond acceptors (Lipinski definition) is 4. The largest absolute Gasteiger partial charge is 0.448 e. The highest BCUT2D eigenvalue weighted by Gasteiger charge is 2.39. The topological polar surface area (TPSA) is 75.4 Å². The molecule has 19 heavy (non-hydrogen) atoms. The first-order valence-electron chi connectivity index (χ1n) is 6.40. The second kappa shape index (κ2) is 5.03. The summed E-state index contributed by atoms with van der Waals surface area (Å²) in [5.41, 5.74) is -0.222. The van der Waals surface area contributed by atoms with Crippen LogP contribution < -0.4 is 5.32 Å². The monoisotopic (exact) mass is 265 g/mol. The summed E-state index contributed by atoms with van der Waals surface area (Å²) in [7, 11) is 1.62. The minimum absolute atomic E-state index is 0.0265. The van der Waals surface area contributed by atoms with Gasteiger partial charge in [-0.15, -0.1) is 0 Å². The lowest BCUT2D eigenvalue weighted by Gasteiger charge is -2.38. The zero-order valence-corrected chi connectivity index (χ0v) is 11.5. The zero-order chi connectivity index (χ0) is 14.0. The Morgan fingerprint density at radius 2 is 2.26 bits per heavy atom. The van der Waals surface area contributed by atoms with Crippen molar-refractivity contribution in [3.63, 3.8) is 0 Å². The number of rotatable bonds is 2. The normalized spacial score (nSPS) is 23.2. The number of aryl methyl sites for hydroxylation is 1. The molecule has 6 nitrogen and oxygen atoms in total. The summed E-state index contributed by atoms with van der Waals surface area (Å²) in [6.07, 6.45) is 2.96. The number of carbonyl (C=O) groups excluding carboxylic acids is 2. The van der Waals surface area contributed by atoms with Crippen molar-refractivity contribution in [2.24, 2.45) is 5.41 Å². The van der Waals surface area contributed by atoms with Crippen LogP contribution in [0.4, 0.5) is 0 Å². The lowest BCUT2D eigenvalue weighted by molar-refractivity contribution is -0.132. The second-order valence-electron chi connectivity index (χ2n) is 5.22. The van der Waals surface area contributed by atoms with E-state index < -0.39 is 5.41 Å². The number of piperidine rings is 1. The van der Waals surface area contributed by atoms with Gasteiger partial charge in [0, 0.05) is 27.1 Å². The SMILES string of the molecule is CNC(=O)[C@]1(C)CCCN(C(=O)c2coc(C)n2)C1. The van der Waals surface area contributed by atoms with Crippen molar-refractivity contribution in [2.75, 3.05) is 20.1 Å². The van der Waals surface area contributed by atoms with Crippen LogP contribution in [0.2, 0.25) is 0 Å². The number of nitrogens with one attached hydrogen (secondary N) is 1. The molecule has 1 atom stereocenters. The van der Waals surface area contributed by atoms with Crippen LogP contribution in [0, 0.1) is 12.3 Å². The first-order chi connectivity index (χ1) is 8.96. The van der Waals surface area contributed by atoms with Gasteiger partial charge in [0.05, 0.1) is 5.41 Å². The van der Waals surface area contributed by atoms with Gasteiger partial charge in [-0.1, -0.05) is 0 Å². The first kappa shape index (κ1) is 13.6. The number of carbonyl (C=O) groups is 2. The third-order valence-electron chi connectivity index (χ3n) is 3.60. The molecule has 1 N–H and O–H groups in total. The van der Waals surface area contributed by atoms with Crippen molar-refractivity contribution < 1.29 is 14.0 Å². The molecule has 1 saturated heterocycles. The van der Waals surface area contributed by atoms with Gasteiger partial charge < -0.3 is 14.6 Å². The Kier molecular flexibility index (Phi) is 3.59. The lowest BCUT2D eigenvalue weighted by Crippen LogP contribution is -2.51. The highest BCUT2D eigenvalue weighted by molar-refractivity contribution is 5.93. The van der Waals surface area contributed by atoms with E-state index >= 15 is 0 Å². The average Bonchev–Trinajstić information content (AvgIpc) is 2.83. The van der Waals surface area contributed by atoms with Crippen LogP contribution in [0.1, 0.15) is 36.1 Å². The van der Waals surface area contributed by atoms with E-state index in [0.29, 0.717) is 24.7 Å². The van der Waals surface area contributed by atoms with E-state index in [1.165, 1.54) is 6.26 Å². The molecule has 0 aliphatic carbocycles. The third kappa shape index (κ3) is 2.62. The van der Waals surface area contributed by atoms with Crippen molar-refractivity contribution >= 4 is 11.8 Å². The van der Waals surface area contributed by atoms with E-state index in [-0.39, 0.29) is 11.8 Å². The summed E-state index contributed by atoms with van der Waals surface area (Å²) in [6, 6.07) is 0. The van der Waals surface area contributed by atoms with Crippen LogP contribution in [0.15, 0.2) is 10.7 Å². The van der Waals surface area contributed by atoms with Gasteiger partial charge in [0.2, 0.25) is 5.91 Å². The fourth-order valence-corrected chi connectivity index (χ4v) is 2.52. The molecule has 0 saturated carbocycles. The molecule has 1 aliphatic rings. The number of aromatic nitrogens is 1. The van der Waals surface area contributed by atoms with Crippen molar-refractivity contribution in [1.29, 1.82) is 0 Å². The molecule has 0 unspecified atom stereocenters. The smallest absolute Gasteiger partial charge is 0.275 e. The fraction of sp³-hybridized carbons (Fsp3) is 0.615. The summed E-state index contributed by atoms with van der Waals surface area (Å²) < 4.78 is 5.06. The van der Waals surface area contributed by atoms with Crippen LogP contribution in [0.3, 0.4) is 0 Å². The van der Waals surface area contributed by atoms with Crippen molar-refractivity contribution in [3.8, 4) is 0 Å². The van der Waals surface area contributed by atoms with Crippen molar-refractivity contribution in [3.05, 3.63) is 17.8 Å². The molecule has 2 heterocycles. The molecular weight excluding hydrogens is 246 g/mol. The van der Waals surface area contributed by atoms with Gasteiger partial charge in [0.25, 0.3) is 5.91 Å². The number of nitrogens with zero attached hydrogens (tertiary/aromatic N) is 2. The maximum Gasteiger partial charge on any atom is 0.275 e. The van der Waals surface area contributed by atoms with Gasteiger partial charge in [-0.05, 0) is 19.8 Å². The van der Waals surface area contributed by atoms with Gasteiger partial charge in [-0.25, -0.2) is 4.98 Å². The summed E-state index contributed by atoms with van der Waals surface area (Å²) in [6.45, 7) is 4.65. The average molecular weight is 265 g/mol. The van der Waals surface area contributed by atoms with Crippen molar-refractivity contribution in [1.82, 2.24) is 15.2 Å². The Labute approximate surface area is 112 Å². The fourth-order valence-electron chi connectivity index (χ4n) is 2.52. The van der Waals surface area contributed by atoms with Crippen LogP contribution >= 0.6 is 0 Å². The Balaban J connectivity index is 2.13. The molecule has 6 heteroatoms. The molecule has 2 amide bonds.